The number of amides is 1. The van der Waals surface area contributed by atoms with Gasteiger partial charge in [-0.3, -0.25) is 9.59 Å². The highest BCUT2D eigenvalue weighted by atomic mass is 16.7. The van der Waals surface area contributed by atoms with Crippen LogP contribution in [0.4, 0.5) is 0 Å². The van der Waals surface area contributed by atoms with Crippen molar-refractivity contribution in [2.45, 2.75) is 326 Å². The number of ether oxygens (including phenoxy) is 3. The highest BCUT2D eigenvalue weighted by molar-refractivity contribution is 5.76. The lowest BCUT2D eigenvalue weighted by molar-refractivity contribution is -0.302. The number of hydrogen-bond donors (Lipinski definition) is 6. The predicted octanol–water partition coefficient (Wildman–Crippen LogP) is 14.8. The minimum absolute atomic E-state index is 0.0106. The molecule has 0 radical (unpaired) electrons. The highest BCUT2D eigenvalue weighted by Crippen LogP contribution is 2.23. The summed E-state index contributed by atoms with van der Waals surface area (Å²) in [7, 11) is 0. The minimum atomic E-state index is -1.58. The number of carbonyl (C=O) groups is 2. The summed E-state index contributed by atoms with van der Waals surface area (Å²) in [6.45, 7) is 4.27. The Morgan fingerprint density at radius 1 is 0.480 bits per heavy atom. The molecule has 0 aromatic rings. The molecule has 0 aromatic carbocycles. The Hall–Kier alpha value is -2.38. The topological polar surface area (TPSA) is 175 Å². The molecule has 7 unspecified atom stereocenters. The zero-order chi connectivity index (χ0) is 54.5. The van der Waals surface area contributed by atoms with Crippen molar-refractivity contribution in [3.05, 3.63) is 48.6 Å². The smallest absolute Gasteiger partial charge is 0.305 e. The maximum atomic E-state index is 13.0. The van der Waals surface area contributed by atoms with E-state index >= 15 is 0 Å². The van der Waals surface area contributed by atoms with Crippen molar-refractivity contribution in [3.63, 3.8) is 0 Å². The first kappa shape index (κ1) is 70.6. The van der Waals surface area contributed by atoms with Crippen LogP contribution in [-0.2, 0) is 23.8 Å². The predicted molar refractivity (Wildman–Crippen MR) is 310 cm³/mol. The van der Waals surface area contributed by atoms with Crippen LogP contribution in [-0.4, -0.2) is 100 Å². The number of carbonyl (C=O) groups excluding carboxylic acids is 2. The van der Waals surface area contributed by atoms with Crippen molar-refractivity contribution >= 4 is 11.9 Å². The summed E-state index contributed by atoms with van der Waals surface area (Å²) in [6, 6.07) is -0.831. The monoisotopic (exact) mass is 1060 g/mol. The molecule has 0 bridgehead atoms. The molecule has 1 heterocycles. The molecule has 1 aliphatic rings. The van der Waals surface area contributed by atoms with Crippen molar-refractivity contribution in [1.29, 1.82) is 0 Å². The molecule has 1 rings (SSSR count). The lowest BCUT2D eigenvalue weighted by Crippen LogP contribution is -2.60. The van der Waals surface area contributed by atoms with E-state index in [0.717, 1.165) is 70.6 Å². The van der Waals surface area contributed by atoms with Crippen LogP contribution in [0, 0.1) is 0 Å². The van der Waals surface area contributed by atoms with Crippen LogP contribution in [0.25, 0.3) is 0 Å². The second-order valence-electron chi connectivity index (χ2n) is 21.7. The fourth-order valence-corrected chi connectivity index (χ4v) is 9.60. The molecule has 0 aliphatic carbocycles. The summed E-state index contributed by atoms with van der Waals surface area (Å²) in [5.74, 6) is -0.208. The largest absolute Gasteiger partial charge is 0.466 e. The number of unbranched alkanes of at least 4 members (excludes halogenated alkanes) is 34. The van der Waals surface area contributed by atoms with E-state index in [0.29, 0.717) is 19.4 Å². The van der Waals surface area contributed by atoms with Gasteiger partial charge in [0.25, 0.3) is 0 Å². The summed E-state index contributed by atoms with van der Waals surface area (Å²) in [4.78, 5) is 25.0. The normalized spacial score (nSPS) is 19.1. The zero-order valence-corrected chi connectivity index (χ0v) is 48.3. The number of allylic oxidation sites excluding steroid dienone is 7. The van der Waals surface area contributed by atoms with E-state index in [4.69, 9.17) is 14.2 Å². The van der Waals surface area contributed by atoms with Crippen LogP contribution >= 0.6 is 0 Å². The first-order valence-electron chi connectivity index (χ1n) is 31.4. The molecule has 75 heavy (non-hydrogen) atoms. The maximum absolute atomic E-state index is 13.0. The standard InChI is InChI=1S/C64H117NO10/c1-3-5-7-9-11-13-15-31-34-38-42-46-50-57(67)56(55-74-64-63(72)62(71)61(70)58(54-66)75-64)65-59(68)51-47-43-39-35-32-28-26-24-22-20-18-16-17-19-21-23-25-27-29-33-37-41-45-49-53-73-60(69)52-48-44-40-36-30-14-12-10-8-6-4-2/h10,12,18,20,31,34,46,50,56-58,61-64,66-67,70-72H,3-9,11,13-17,19,21-30,32-33,35-45,47-49,51-55H2,1-2H3,(H,65,68)/b12-10-,20-18-,34-31+,50-46+. The molecule has 0 aromatic heterocycles. The van der Waals surface area contributed by atoms with Gasteiger partial charge in [-0.25, -0.2) is 0 Å². The van der Waals surface area contributed by atoms with Crippen LogP contribution in [0.1, 0.15) is 284 Å². The van der Waals surface area contributed by atoms with E-state index in [9.17, 15) is 35.1 Å². The first-order valence-corrected chi connectivity index (χ1v) is 31.4. The van der Waals surface area contributed by atoms with Crippen molar-refractivity contribution in [2.24, 2.45) is 0 Å². The zero-order valence-electron chi connectivity index (χ0n) is 48.3. The first-order chi connectivity index (χ1) is 36.7. The number of rotatable bonds is 54. The van der Waals surface area contributed by atoms with Crippen LogP contribution in [0.15, 0.2) is 48.6 Å². The molecule has 11 nitrogen and oxygen atoms in total. The number of nitrogens with one attached hydrogen (secondary N) is 1. The molecule has 1 aliphatic heterocycles. The molecule has 0 spiro atoms. The van der Waals surface area contributed by atoms with Gasteiger partial charge in [0, 0.05) is 12.8 Å². The molecule has 6 N–H and O–H groups in total. The third-order valence-corrected chi connectivity index (χ3v) is 14.6. The SMILES string of the molecule is CCCC/C=C\CCCCCCCC(=O)OCCCCCCCCCCCCCC/C=C\CCCCCCCCCCC(=O)NC(COC1OC(CO)C(O)C(O)C1O)C(O)/C=C/CC/C=C/CCCCCCCC. The molecule has 1 amide bonds. The molecule has 0 saturated carbocycles. The summed E-state index contributed by atoms with van der Waals surface area (Å²) in [5.41, 5.74) is 0. The second kappa shape index (κ2) is 53.6. The highest BCUT2D eigenvalue weighted by Gasteiger charge is 2.44. The van der Waals surface area contributed by atoms with Crippen molar-refractivity contribution in [2.75, 3.05) is 19.8 Å². The van der Waals surface area contributed by atoms with E-state index < -0.39 is 49.5 Å². The van der Waals surface area contributed by atoms with E-state index in [2.05, 4.69) is 55.6 Å². The average molecular weight is 1060 g/mol. The number of aliphatic hydroxyl groups excluding tert-OH is 5. The van der Waals surface area contributed by atoms with E-state index in [1.807, 2.05) is 6.08 Å². The van der Waals surface area contributed by atoms with Gasteiger partial charge in [-0.15, -0.1) is 0 Å². The summed E-state index contributed by atoms with van der Waals surface area (Å²) in [5, 5.41) is 54.3. The van der Waals surface area contributed by atoms with Gasteiger partial charge >= 0.3 is 5.97 Å². The summed E-state index contributed by atoms with van der Waals surface area (Å²) in [6.07, 6.45) is 57.9. The second-order valence-corrected chi connectivity index (χ2v) is 21.7. The fraction of sp³-hybridized carbons (Fsp3) is 0.844. The van der Waals surface area contributed by atoms with E-state index in [-0.39, 0.29) is 18.5 Å². The van der Waals surface area contributed by atoms with Gasteiger partial charge in [-0.1, -0.05) is 229 Å². The van der Waals surface area contributed by atoms with Crippen LogP contribution in [0.5, 0.6) is 0 Å². The van der Waals surface area contributed by atoms with Crippen molar-refractivity contribution < 1.29 is 49.3 Å². The minimum Gasteiger partial charge on any atom is -0.466 e. The van der Waals surface area contributed by atoms with Gasteiger partial charge in [0.15, 0.2) is 6.29 Å². The Morgan fingerprint density at radius 2 is 0.880 bits per heavy atom. The van der Waals surface area contributed by atoms with Crippen LogP contribution < -0.4 is 5.32 Å². The van der Waals surface area contributed by atoms with E-state index in [1.54, 1.807) is 6.08 Å². The average Bonchev–Trinajstić information content (AvgIpc) is 3.41. The summed E-state index contributed by atoms with van der Waals surface area (Å²) < 4.78 is 16.7. The van der Waals surface area contributed by atoms with Gasteiger partial charge in [-0.05, 0) is 89.9 Å². The number of aliphatic hydroxyl groups is 5. The molecular weight excluding hydrogens is 943 g/mol. The molecule has 11 heteroatoms. The van der Waals surface area contributed by atoms with Crippen LogP contribution in [0.2, 0.25) is 0 Å². The Balaban J connectivity index is 2.05. The van der Waals surface area contributed by atoms with E-state index in [1.165, 1.54) is 186 Å². The molecule has 1 saturated heterocycles. The quantitative estimate of drug-likeness (QED) is 0.0195. The summed E-state index contributed by atoms with van der Waals surface area (Å²) >= 11 is 0. The fourth-order valence-electron chi connectivity index (χ4n) is 9.60. The third-order valence-electron chi connectivity index (χ3n) is 14.6. The lowest BCUT2D eigenvalue weighted by atomic mass is 9.99. The molecule has 1 fully saturated rings. The third kappa shape index (κ3) is 43.2. The van der Waals surface area contributed by atoms with Gasteiger partial charge in [0.1, 0.15) is 24.4 Å². The Bertz CT molecular complexity index is 1390. The number of hydrogen-bond acceptors (Lipinski definition) is 10. The molecular formula is C64H117NO10. The Kier molecular flexibility index (Phi) is 50.5. The Morgan fingerprint density at radius 3 is 1.36 bits per heavy atom. The van der Waals surface area contributed by atoms with Gasteiger partial charge < -0.3 is 45.1 Å². The van der Waals surface area contributed by atoms with Gasteiger partial charge in [0.05, 0.1) is 32.0 Å². The lowest BCUT2D eigenvalue weighted by Gasteiger charge is -2.40. The van der Waals surface area contributed by atoms with Crippen molar-refractivity contribution in [3.8, 4) is 0 Å². The van der Waals surface area contributed by atoms with Crippen LogP contribution in [0.3, 0.4) is 0 Å². The maximum Gasteiger partial charge on any atom is 0.305 e. The number of esters is 1. The Labute approximate surface area is 459 Å². The molecule has 7 atom stereocenters. The van der Waals surface area contributed by atoms with Crippen molar-refractivity contribution in [1.82, 2.24) is 5.32 Å². The molecule has 438 valence electrons. The van der Waals surface area contributed by atoms with Gasteiger partial charge in [0.2, 0.25) is 5.91 Å². The van der Waals surface area contributed by atoms with Gasteiger partial charge in [-0.2, -0.15) is 0 Å².